The number of rotatable bonds is 4. The first-order chi connectivity index (χ1) is 8.22. The number of cyclic esters (lactones) is 1. The fourth-order valence-corrected chi connectivity index (χ4v) is 2.19. The van der Waals surface area contributed by atoms with E-state index in [0.717, 1.165) is 15.7 Å². The lowest BCUT2D eigenvalue weighted by Crippen LogP contribution is -2.24. The Morgan fingerprint density at radius 1 is 1.47 bits per heavy atom. The zero-order chi connectivity index (χ0) is 12.3. The maximum absolute atomic E-state index is 11.5. The minimum atomic E-state index is -0.220. The number of ether oxygens (including phenoxy) is 2. The molecule has 5 heteroatoms. The van der Waals surface area contributed by atoms with Gasteiger partial charge in [0.1, 0.15) is 11.9 Å². The quantitative estimate of drug-likeness (QED) is 0.620. The first kappa shape index (κ1) is 12.5. The molecule has 1 aliphatic heterocycles. The summed E-state index contributed by atoms with van der Waals surface area (Å²) < 4.78 is 11.1. The van der Waals surface area contributed by atoms with Crippen LogP contribution in [0.15, 0.2) is 24.3 Å². The first-order valence-corrected chi connectivity index (χ1v) is 6.90. The molecule has 1 saturated heterocycles. The van der Waals surface area contributed by atoms with Crippen LogP contribution in [0.3, 0.4) is 0 Å². The van der Waals surface area contributed by atoms with E-state index in [-0.39, 0.29) is 12.2 Å². The lowest BCUT2D eigenvalue weighted by molar-refractivity contribution is 0.139. The van der Waals surface area contributed by atoms with Crippen LogP contribution < -0.4 is 4.74 Å². The van der Waals surface area contributed by atoms with Crippen molar-refractivity contribution < 1.29 is 14.3 Å². The van der Waals surface area contributed by atoms with Gasteiger partial charge in [-0.25, -0.2) is 4.79 Å². The fraction of sp³-hybridized carbons (Fsp3) is 0.417. The van der Waals surface area contributed by atoms with Gasteiger partial charge in [0.25, 0.3) is 0 Å². The Balaban J connectivity index is 1.98. The van der Waals surface area contributed by atoms with E-state index in [1.165, 1.54) is 0 Å². The second kappa shape index (κ2) is 5.57. The minimum absolute atomic E-state index is 0.0290. The average Bonchev–Trinajstić information content (AvgIpc) is 2.71. The van der Waals surface area contributed by atoms with Crippen molar-refractivity contribution in [3.05, 3.63) is 29.8 Å². The number of hydrogen-bond donors (Lipinski definition) is 0. The van der Waals surface area contributed by atoms with E-state index in [0.29, 0.717) is 13.1 Å². The van der Waals surface area contributed by atoms with Crippen molar-refractivity contribution in [3.8, 4) is 5.75 Å². The molecule has 1 aliphatic rings. The lowest BCUT2D eigenvalue weighted by atomic mass is 10.2. The Kier molecular flexibility index (Phi) is 4.09. The minimum Gasteiger partial charge on any atom is -0.497 e. The number of carbonyl (C=O) groups excluding carboxylic acids is 1. The summed E-state index contributed by atoms with van der Waals surface area (Å²) in [5.74, 6) is 0.822. The molecule has 0 aliphatic carbocycles. The molecule has 0 saturated carbocycles. The molecule has 1 aromatic carbocycles. The highest BCUT2D eigenvalue weighted by Crippen LogP contribution is 2.18. The van der Waals surface area contributed by atoms with Crippen molar-refractivity contribution in [3.63, 3.8) is 0 Å². The van der Waals surface area contributed by atoms with Gasteiger partial charge in [-0.15, -0.1) is 0 Å². The van der Waals surface area contributed by atoms with Crippen LogP contribution in [0.2, 0.25) is 0 Å². The van der Waals surface area contributed by atoms with E-state index >= 15 is 0 Å². The molecule has 1 aromatic rings. The number of benzene rings is 1. The van der Waals surface area contributed by atoms with Gasteiger partial charge in [0, 0.05) is 11.0 Å². The monoisotopic (exact) mass is 347 g/mol. The van der Waals surface area contributed by atoms with Crippen LogP contribution in [0, 0.1) is 0 Å². The molecule has 1 atom stereocenters. The van der Waals surface area contributed by atoms with Gasteiger partial charge < -0.3 is 14.4 Å². The number of hydrogen-bond acceptors (Lipinski definition) is 3. The van der Waals surface area contributed by atoms with E-state index in [1.54, 1.807) is 12.0 Å². The van der Waals surface area contributed by atoms with Gasteiger partial charge in [-0.1, -0.05) is 34.7 Å². The maximum atomic E-state index is 11.5. The number of amides is 1. The summed E-state index contributed by atoms with van der Waals surface area (Å²) in [5, 5.41) is 0. The predicted octanol–water partition coefficient (Wildman–Crippen LogP) is 2.45. The summed E-state index contributed by atoms with van der Waals surface area (Å²) >= 11 is 2.23. The molecule has 0 aromatic heterocycles. The zero-order valence-electron chi connectivity index (χ0n) is 9.56. The van der Waals surface area contributed by atoms with Crippen molar-refractivity contribution in [1.82, 2.24) is 4.90 Å². The summed E-state index contributed by atoms with van der Waals surface area (Å²) in [6.07, 6.45) is -0.191. The molecule has 17 heavy (non-hydrogen) atoms. The Morgan fingerprint density at radius 2 is 2.18 bits per heavy atom. The molecule has 0 spiro atoms. The Morgan fingerprint density at radius 3 is 2.71 bits per heavy atom. The standard InChI is InChI=1S/C12H14INO3/c1-16-10-4-2-9(3-5-10)7-14-8-11(6-13)17-12(14)15/h2-5,11H,6-8H2,1H3/t11-/m0/s1. The SMILES string of the molecule is COc1ccc(CN2C[C@H](CI)OC2=O)cc1. The fourth-order valence-electron chi connectivity index (χ4n) is 1.74. The third kappa shape index (κ3) is 3.02. The van der Waals surface area contributed by atoms with Crippen LogP contribution in [0.1, 0.15) is 5.56 Å². The summed E-state index contributed by atoms with van der Waals surface area (Å²) in [6.45, 7) is 1.27. The molecule has 0 N–H and O–H groups in total. The summed E-state index contributed by atoms with van der Waals surface area (Å²) in [7, 11) is 1.64. The number of nitrogens with zero attached hydrogens (tertiary/aromatic N) is 1. The molecule has 0 bridgehead atoms. The van der Waals surface area contributed by atoms with Gasteiger partial charge in [-0.3, -0.25) is 0 Å². The molecule has 1 fully saturated rings. The predicted molar refractivity (Wildman–Crippen MR) is 72.6 cm³/mol. The molecule has 1 heterocycles. The molecule has 0 radical (unpaired) electrons. The molecule has 2 rings (SSSR count). The van der Waals surface area contributed by atoms with Crippen LogP contribution in [0.25, 0.3) is 0 Å². The molecular formula is C12H14INO3. The number of methoxy groups -OCH3 is 1. The van der Waals surface area contributed by atoms with E-state index in [2.05, 4.69) is 22.6 Å². The summed E-state index contributed by atoms with van der Waals surface area (Å²) in [5.41, 5.74) is 1.08. The van der Waals surface area contributed by atoms with Crippen LogP contribution in [0.5, 0.6) is 5.75 Å². The molecule has 92 valence electrons. The van der Waals surface area contributed by atoms with Gasteiger partial charge in [0.2, 0.25) is 0 Å². The van der Waals surface area contributed by atoms with Crippen LogP contribution in [-0.4, -0.2) is 35.2 Å². The van der Waals surface area contributed by atoms with Gasteiger partial charge in [-0.2, -0.15) is 0 Å². The number of carbonyl (C=O) groups is 1. The maximum Gasteiger partial charge on any atom is 0.410 e. The topological polar surface area (TPSA) is 38.8 Å². The van der Waals surface area contributed by atoms with E-state index < -0.39 is 0 Å². The molecular weight excluding hydrogens is 333 g/mol. The molecule has 0 unspecified atom stereocenters. The van der Waals surface area contributed by atoms with E-state index in [4.69, 9.17) is 9.47 Å². The first-order valence-electron chi connectivity index (χ1n) is 5.37. The number of alkyl halides is 1. The van der Waals surface area contributed by atoms with Gasteiger partial charge in [0.15, 0.2) is 0 Å². The highest BCUT2D eigenvalue weighted by Gasteiger charge is 2.30. The Labute approximate surface area is 114 Å². The van der Waals surface area contributed by atoms with Gasteiger partial charge in [0.05, 0.1) is 13.7 Å². The third-order valence-electron chi connectivity index (χ3n) is 2.65. The summed E-state index contributed by atoms with van der Waals surface area (Å²) in [6, 6.07) is 7.71. The Bertz CT molecular complexity index is 393. The van der Waals surface area contributed by atoms with E-state index in [1.807, 2.05) is 24.3 Å². The third-order valence-corrected chi connectivity index (χ3v) is 3.64. The largest absolute Gasteiger partial charge is 0.497 e. The average molecular weight is 347 g/mol. The number of halogens is 1. The van der Waals surface area contributed by atoms with Crippen molar-refractivity contribution in [2.75, 3.05) is 18.1 Å². The van der Waals surface area contributed by atoms with Crippen LogP contribution in [-0.2, 0) is 11.3 Å². The van der Waals surface area contributed by atoms with Crippen molar-refractivity contribution >= 4 is 28.7 Å². The van der Waals surface area contributed by atoms with Crippen molar-refractivity contribution in [1.29, 1.82) is 0 Å². The smallest absolute Gasteiger partial charge is 0.410 e. The lowest BCUT2D eigenvalue weighted by Gasteiger charge is -2.12. The van der Waals surface area contributed by atoms with Crippen molar-refractivity contribution in [2.45, 2.75) is 12.6 Å². The second-order valence-corrected chi connectivity index (χ2v) is 4.77. The van der Waals surface area contributed by atoms with Gasteiger partial charge in [-0.05, 0) is 17.7 Å². The highest BCUT2D eigenvalue weighted by atomic mass is 127. The normalized spacial score (nSPS) is 19.3. The van der Waals surface area contributed by atoms with Crippen LogP contribution >= 0.6 is 22.6 Å². The zero-order valence-corrected chi connectivity index (χ0v) is 11.7. The van der Waals surface area contributed by atoms with Crippen molar-refractivity contribution in [2.24, 2.45) is 0 Å². The molecule has 1 amide bonds. The Hall–Kier alpha value is -0.980. The molecule has 4 nitrogen and oxygen atoms in total. The van der Waals surface area contributed by atoms with Gasteiger partial charge >= 0.3 is 6.09 Å². The highest BCUT2D eigenvalue weighted by molar-refractivity contribution is 14.1. The second-order valence-electron chi connectivity index (χ2n) is 3.89. The van der Waals surface area contributed by atoms with Crippen LogP contribution in [0.4, 0.5) is 4.79 Å². The summed E-state index contributed by atoms with van der Waals surface area (Å²) in [4.78, 5) is 13.3. The van der Waals surface area contributed by atoms with E-state index in [9.17, 15) is 4.79 Å².